The van der Waals surface area contributed by atoms with Crippen molar-refractivity contribution in [3.05, 3.63) is 52.9 Å². The molecule has 0 radical (unpaired) electrons. The van der Waals surface area contributed by atoms with Crippen molar-refractivity contribution in [2.45, 2.75) is 0 Å². The van der Waals surface area contributed by atoms with Gasteiger partial charge in [0.25, 0.3) is 5.91 Å². The van der Waals surface area contributed by atoms with Crippen LogP contribution in [0.3, 0.4) is 0 Å². The summed E-state index contributed by atoms with van der Waals surface area (Å²) >= 11 is 5.80. The summed E-state index contributed by atoms with van der Waals surface area (Å²) in [6.45, 7) is 0. The third kappa shape index (κ3) is 3.10. The van der Waals surface area contributed by atoms with Gasteiger partial charge in [-0.05, 0) is 30.3 Å². The number of ether oxygens (including phenoxy) is 1. The van der Waals surface area contributed by atoms with Crippen LogP contribution in [0.4, 0.5) is 0 Å². The lowest BCUT2D eigenvalue weighted by Gasteiger charge is -2.09. The van der Waals surface area contributed by atoms with E-state index in [1.165, 1.54) is 31.6 Å². The highest BCUT2D eigenvalue weighted by molar-refractivity contribution is 6.30. The molecule has 1 aromatic heterocycles. The molecule has 2 amide bonds. The molecule has 2 N–H and O–H groups in total. The minimum atomic E-state index is -0.559. The van der Waals surface area contributed by atoms with Crippen LogP contribution in [0, 0.1) is 0 Å². The van der Waals surface area contributed by atoms with Gasteiger partial charge in [-0.2, -0.15) is 0 Å². The molecule has 6 nitrogen and oxygen atoms in total. The van der Waals surface area contributed by atoms with Crippen LogP contribution in [0.15, 0.2) is 41.0 Å². The Morgan fingerprint density at radius 1 is 1.20 bits per heavy atom. The molecular formula is C13H11ClN2O4. The summed E-state index contributed by atoms with van der Waals surface area (Å²) in [6, 6.07) is 7.59. The highest BCUT2D eigenvalue weighted by Crippen LogP contribution is 2.22. The van der Waals surface area contributed by atoms with Gasteiger partial charge in [0, 0.05) is 5.02 Å². The molecule has 1 aromatic carbocycles. The number of benzene rings is 1. The van der Waals surface area contributed by atoms with E-state index in [1.807, 2.05) is 0 Å². The van der Waals surface area contributed by atoms with E-state index in [4.69, 9.17) is 20.8 Å². The smallest absolute Gasteiger partial charge is 0.305 e. The Bertz CT molecular complexity index is 625. The number of hydrazine groups is 1. The molecule has 104 valence electrons. The number of amides is 2. The van der Waals surface area contributed by atoms with E-state index in [0.717, 1.165) is 0 Å². The zero-order valence-electron chi connectivity index (χ0n) is 10.5. The van der Waals surface area contributed by atoms with Crippen molar-refractivity contribution in [3.8, 4) is 5.75 Å². The Hall–Kier alpha value is -2.47. The zero-order valence-corrected chi connectivity index (χ0v) is 11.2. The van der Waals surface area contributed by atoms with Crippen molar-refractivity contribution in [1.82, 2.24) is 10.9 Å². The third-order valence-corrected chi connectivity index (χ3v) is 2.68. The molecule has 0 bridgehead atoms. The number of methoxy groups -OCH3 is 1. The van der Waals surface area contributed by atoms with Crippen LogP contribution >= 0.6 is 11.6 Å². The van der Waals surface area contributed by atoms with Gasteiger partial charge in [-0.1, -0.05) is 11.6 Å². The highest BCUT2D eigenvalue weighted by Gasteiger charge is 2.14. The van der Waals surface area contributed by atoms with Gasteiger partial charge >= 0.3 is 5.91 Å². The van der Waals surface area contributed by atoms with Crippen LogP contribution in [-0.2, 0) is 0 Å². The Balaban J connectivity index is 2.04. The van der Waals surface area contributed by atoms with Crippen molar-refractivity contribution >= 4 is 23.4 Å². The summed E-state index contributed by atoms with van der Waals surface area (Å²) in [5.74, 6) is -0.690. The Morgan fingerprint density at radius 3 is 2.60 bits per heavy atom. The number of halogens is 1. The lowest BCUT2D eigenvalue weighted by Crippen LogP contribution is -2.41. The molecule has 0 unspecified atom stereocenters. The molecule has 1 heterocycles. The number of furan rings is 1. The molecule has 2 rings (SSSR count). The quantitative estimate of drug-likeness (QED) is 0.849. The summed E-state index contributed by atoms with van der Waals surface area (Å²) < 4.78 is 9.94. The van der Waals surface area contributed by atoms with Crippen molar-refractivity contribution in [2.75, 3.05) is 7.11 Å². The molecule has 0 saturated carbocycles. The van der Waals surface area contributed by atoms with Gasteiger partial charge in [0.2, 0.25) is 0 Å². The maximum Gasteiger partial charge on any atom is 0.305 e. The van der Waals surface area contributed by atoms with E-state index < -0.39 is 11.8 Å². The fourth-order valence-electron chi connectivity index (χ4n) is 1.50. The molecule has 0 fully saturated rings. The van der Waals surface area contributed by atoms with Crippen LogP contribution in [0.5, 0.6) is 5.75 Å². The van der Waals surface area contributed by atoms with Gasteiger partial charge in [0.1, 0.15) is 5.75 Å². The van der Waals surface area contributed by atoms with Crippen LogP contribution in [0.1, 0.15) is 20.9 Å². The van der Waals surface area contributed by atoms with Gasteiger partial charge in [-0.25, -0.2) is 0 Å². The minimum Gasteiger partial charge on any atom is -0.496 e. The van der Waals surface area contributed by atoms with E-state index >= 15 is 0 Å². The maximum absolute atomic E-state index is 11.9. The Kier molecular flexibility index (Phi) is 4.27. The molecule has 0 aliphatic carbocycles. The van der Waals surface area contributed by atoms with Crippen molar-refractivity contribution in [3.63, 3.8) is 0 Å². The van der Waals surface area contributed by atoms with Crippen molar-refractivity contribution in [1.29, 1.82) is 0 Å². The van der Waals surface area contributed by atoms with Crippen LogP contribution in [0.25, 0.3) is 0 Å². The first-order chi connectivity index (χ1) is 9.61. The Morgan fingerprint density at radius 2 is 1.95 bits per heavy atom. The molecule has 2 aromatic rings. The number of hydrogen-bond acceptors (Lipinski definition) is 4. The number of hydrogen-bond donors (Lipinski definition) is 2. The molecule has 0 saturated heterocycles. The molecular weight excluding hydrogens is 284 g/mol. The molecule has 0 spiro atoms. The average molecular weight is 295 g/mol. The number of rotatable bonds is 3. The predicted molar refractivity (Wildman–Crippen MR) is 71.6 cm³/mol. The van der Waals surface area contributed by atoms with Crippen molar-refractivity contribution in [2.24, 2.45) is 0 Å². The first-order valence-corrected chi connectivity index (χ1v) is 5.97. The molecule has 7 heteroatoms. The standard InChI is InChI=1S/C13H11ClN2O4/c1-19-11-7-8(14)4-5-9(11)12(17)15-16-13(18)10-3-2-6-20-10/h2-7H,1H3,(H,15,17)(H,16,18). The van der Waals surface area contributed by atoms with E-state index in [-0.39, 0.29) is 11.3 Å². The normalized spacial score (nSPS) is 9.90. The second-order valence-corrected chi connectivity index (χ2v) is 4.17. The number of nitrogens with one attached hydrogen (secondary N) is 2. The van der Waals surface area contributed by atoms with Crippen molar-refractivity contribution < 1.29 is 18.7 Å². The molecule has 0 aliphatic heterocycles. The van der Waals surface area contributed by atoms with E-state index in [1.54, 1.807) is 12.1 Å². The first-order valence-electron chi connectivity index (χ1n) is 5.59. The summed E-state index contributed by atoms with van der Waals surface area (Å²) in [5, 5.41) is 0.443. The summed E-state index contributed by atoms with van der Waals surface area (Å²) in [7, 11) is 1.42. The zero-order chi connectivity index (χ0) is 14.5. The maximum atomic E-state index is 11.9. The van der Waals surface area contributed by atoms with E-state index in [2.05, 4.69) is 10.9 Å². The van der Waals surface area contributed by atoms with Gasteiger partial charge in [-0.15, -0.1) is 0 Å². The van der Waals surface area contributed by atoms with Crippen LogP contribution < -0.4 is 15.6 Å². The topological polar surface area (TPSA) is 80.6 Å². The lowest BCUT2D eigenvalue weighted by atomic mass is 10.2. The predicted octanol–water partition coefficient (Wildman–Crippen LogP) is 2.02. The third-order valence-electron chi connectivity index (χ3n) is 2.44. The monoisotopic (exact) mass is 294 g/mol. The van der Waals surface area contributed by atoms with Crippen LogP contribution in [-0.4, -0.2) is 18.9 Å². The van der Waals surface area contributed by atoms with Gasteiger partial charge < -0.3 is 9.15 Å². The number of carbonyl (C=O) groups excluding carboxylic acids is 2. The fourth-order valence-corrected chi connectivity index (χ4v) is 1.66. The minimum absolute atomic E-state index is 0.0911. The molecule has 20 heavy (non-hydrogen) atoms. The van der Waals surface area contributed by atoms with Gasteiger partial charge in [0.15, 0.2) is 5.76 Å². The van der Waals surface area contributed by atoms with Gasteiger partial charge in [-0.3, -0.25) is 20.4 Å². The largest absolute Gasteiger partial charge is 0.496 e. The second kappa shape index (κ2) is 6.12. The number of carbonyl (C=O) groups is 2. The SMILES string of the molecule is COc1cc(Cl)ccc1C(=O)NNC(=O)c1ccco1. The summed E-state index contributed by atoms with van der Waals surface area (Å²) in [5.41, 5.74) is 4.73. The molecule has 0 atom stereocenters. The van der Waals surface area contributed by atoms with E-state index in [0.29, 0.717) is 10.8 Å². The van der Waals surface area contributed by atoms with Gasteiger partial charge in [0.05, 0.1) is 18.9 Å². The highest BCUT2D eigenvalue weighted by atomic mass is 35.5. The summed E-state index contributed by atoms with van der Waals surface area (Å²) in [4.78, 5) is 23.5. The average Bonchev–Trinajstić information content (AvgIpc) is 2.98. The molecule has 0 aliphatic rings. The first kappa shape index (κ1) is 14.0. The van der Waals surface area contributed by atoms with E-state index in [9.17, 15) is 9.59 Å². The second-order valence-electron chi connectivity index (χ2n) is 3.73. The fraction of sp³-hybridized carbons (Fsp3) is 0.0769. The summed E-state index contributed by atoms with van der Waals surface area (Å²) in [6.07, 6.45) is 1.36. The lowest BCUT2D eigenvalue weighted by molar-refractivity contribution is 0.0829. The Labute approximate surface area is 119 Å². The van der Waals surface area contributed by atoms with Crippen LogP contribution in [0.2, 0.25) is 5.02 Å².